The van der Waals surface area contributed by atoms with Crippen molar-refractivity contribution < 1.29 is 9.59 Å². The molecular formula is C18H27Cl2N3O2S. The highest BCUT2D eigenvalue weighted by Crippen LogP contribution is 2.16. The standard InChI is InChI=1S/C18H26ClN3O2S.ClH/c1-12-11-20-9-7-15(12)21-18(24)16(8-10-25-2)22-17(23)13-5-3-4-6-14(13)19;/h3-6,12,15-16,20H,7-11H2,1-2H3,(H,21,24)(H,22,23);1H. The number of thioether (sulfide) groups is 1. The fourth-order valence-electron chi connectivity index (χ4n) is 2.90. The molecule has 1 aliphatic rings. The van der Waals surface area contributed by atoms with E-state index in [9.17, 15) is 9.59 Å². The molecule has 5 nitrogen and oxygen atoms in total. The molecule has 1 saturated heterocycles. The Morgan fingerprint density at radius 1 is 1.38 bits per heavy atom. The molecular weight excluding hydrogens is 393 g/mol. The molecule has 0 spiro atoms. The van der Waals surface area contributed by atoms with Crippen LogP contribution in [0.4, 0.5) is 0 Å². The number of nitrogens with one attached hydrogen (secondary N) is 3. The highest BCUT2D eigenvalue weighted by molar-refractivity contribution is 7.98. The number of hydrogen-bond acceptors (Lipinski definition) is 4. The van der Waals surface area contributed by atoms with E-state index >= 15 is 0 Å². The van der Waals surface area contributed by atoms with Gasteiger partial charge in [0.05, 0.1) is 10.6 Å². The van der Waals surface area contributed by atoms with Crippen molar-refractivity contribution in [2.75, 3.05) is 25.1 Å². The van der Waals surface area contributed by atoms with Gasteiger partial charge in [0.25, 0.3) is 5.91 Å². The van der Waals surface area contributed by atoms with Crippen molar-refractivity contribution in [1.29, 1.82) is 0 Å². The van der Waals surface area contributed by atoms with E-state index in [-0.39, 0.29) is 30.3 Å². The average Bonchev–Trinajstić information content (AvgIpc) is 2.60. The van der Waals surface area contributed by atoms with E-state index < -0.39 is 6.04 Å². The molecule has 3 unspecified atom stereocenters. The molecule has 2 amide bonds. The zero-order chi connectivity index (χ0) is 18.2. The van der Waals surface area contributed by atoms with E-state index in [2.05, 4.69) is 22.9 Å². The maximum Gasteiger partial charge on any atom is 0.253 e. The monoisotopic (exact) mass is 419 g/mol. The summed E-state index contributed by atoms with van der Waals surface area (Å²) in [6.07, 6.45) is 3.48. The maximum atomic E-state index is 12.7. The maximum absolute atomic E-state index is 12.7. The molecule has 1 fully saturated rings. The molecule has 1 aliphatic heterocycles. The Morgan fingerprint density at radius 3 is 2.77 bits per heavy atom. The molecule has 0 aromatic heterocycles. The SMILES string of the molecule is CSCCC(NC(=O)c1ccccc1Cl)C(=O)NC1CCNCC1C.Cl. The lowest BCUT2D eigenvalue weighted by atomic mass is 9.95. The molecule has 1 aromatic carbocycles. The van der Waals surface area contributed by atoms with Crippen LogP contribution in [0.1, 0.15) is 30.1 Å². The Hall–Kier alpha value is -0.950. The van der Waals surface area contributed by atoms with Gasteiger partial charge in [-0.05, 0) is 56.0 Å². The van der Waals surface area contributed by atoms with Crippen molar-refractivity contribution in [1.82, 2.24) is 16.0 Å². The van der Waals surface area contributed by atoms with Gasteiger partial charge in [-0.1, -0.05) is 30.7 Å². The molecule has 0 saturated carbocycles. The first-order chi connectivity index (χ1) is 12.0. The van der Waals surface area contributed by atoms with Crippen molar-refractivity contribution in [3.05, 3.63) is 34.9 Å². The Labute approximate surface area is 170 Å². The lowest BCUT2D eigenvalue weighted by Gasteiger charge is -2.31. The fraction of sp³-hybridized carbons (Fsp3) is 0.556. The van der Waals surface area contributed by atoms with Crippen LogP contribution in [-0.2, 0) is 4.79 Å². The molecule has 3 N–H and O–H groups in total. The van der Waals surface area contributed by atoms with Gasteiger partial charge in [-0.2, -0.15) is 11.8 Å². The van der Waals surface area contributed by atoms with Crippen LogP contribution < -0.4 is 16.0 Å². The molecule has 1 aromatic rings. The van der Waals surface area contributed by atoms with Gasteiger partial charge in [-0.25, -0.2) is 0 Å². The molecule has 0 radical (unpaired) electrons. The van der Waals surface area contributed by atoms with Gasteiger partial charge in [0, 0.05) is 6.04 Å². The summed E-state index contributed by atoms with van der Waals surface area (Å²) < 4.78 is 0. The van der Waals surface area contributed by atoms with E-state index in [1.54, 1.807) is 36.0 Å². The Balaban J connectivity index is 0.00000338. The predicted octanol–water partition coefficient (Wildman–Crippen LogP) is 2.73. The third kappa shape index (κ3) is 6.65. The molecule has 0 bridgehead atoms. The van der Waals surface area contributed by atoms with Crippen molar-refractivity contribution >= 4 is 47.6 Å². The largest absolute Gasteiger partial charge is 0.351 e. The van der Waals surface area contributed by atoms with Crippen LogP contribution in [-0.4, -0.2) is 49.0 Å². The van der Waals surface area contributed by atoms with Gasteiger partial charge in [-0.3, -0.25) is 9.59 Å². The van der Waals surface area contributed by atoms with Gasteiger partial charge in [-0.15, -0.1) is 12.4 Å². The molecule has 0 aliphatic carbocycles. The number of carbonyl (C=O) groups is 2. The van der Waals surface area contributed by atoms with Crippen molar-refractivity contribution in [2.24, 2.45) is 5.92 Å². The first-order valence-electron chi connectivity index (χ1n) is 8.58. The van der Waals surface area contributed by atoms with Gasteiger partial charge in [0.15, 0.2) is 0 Å². The van der Waals surface area contributed by atoms with Crippen molar-refractivity contribution in [2.45, 2.75) is 31.8 Å². The smallest absolute Gasteiger partial charge is 0.253 e. The number of benzene rings is 1. The van der Waals surface area contributed by atoms with Crippen molar-refractivity contribution in [3.8, 4) is 0 Å². The van der Waals surface area contributed by atoms with E-state index in [0.717, 1.165) is 25.3 Å². The summed E-state index contributed by atoms with van der Waals surface area (Å²) in [6.45, 7) is 3.92. The van der Waals surface area contributed by atoms with E-state index in [0.29, 0.717) is 22.9 Å². The van der Waals surface area contributed by atoms with E-state index in [4.69, 9.17) is 11.6 Å². The van der Waals surface area contributed by atoms with Crippen LogP contribution in [0.15, 0.2) is 24.3 Å². The Kier molecular flexibility index (Phi) is 10.4. The Bertz CT molecular complexity index is 604. The van der Waals surface area contributed by atoms with E-state index in [1.807, 2.05) is 6.26 Å². The zero-order valence-electron chi connectivity index (χ0n) is 15.1. The van der Waals surface area contributed by atoms with E-state index in [1.165, 1.54) is 0 Å². The fourth-order valence-corrected chi connectivity index (χ4v) is 3.59. The lowest BCUT2D eigenvalue weighted by molar-refractivity contribution is -0.124. The van der Waals surface area contributed by atoms with Crippen LogP contribution in [0.2, 0.25) is 5.02 Å². The molecule has 1 heterocycles. The highest BCUT2D eigenvalue weighted by atomic mass is 35.5. The van der Waals surface area contributed by atoms with Crippen LogP contribution in [0.25, 0.3) is 0 Å². The first kappa shape index (κ1) is 23.1. The summed E-state index contributed by atoms with van der Waals surface area (Å²) in [6, 6.07) is 6.45. The quantitative estimate of drug-likeness (QED) is 0.635. The minimum atomic E-state index is -0.557. The molecule has 26 heavy (non-hydrogen) atoms. The molecule has 3 atom stereocenters. The van der Waals surface area contributed by atoms with Gasteiger partial charge in [0.2, 0.25) is 5.91 Å². The predicted molar refractivity (Wildman–Crippen MR) is 112 cm³/mol. The average molecular weight is 420 g/mol. The number of piperidine rings is 1. The van der Waals surface area contributed by atoms with Gasteiger partial charge >= 0.3 is 0 Å². The number of amides is 2. The number of rotatable bonds is 7. The third-order valence-corrected chi connectivity index (χ3v) is 5.44. The third-order valence-electron chi connectivity index (χ3n) is 4.46. The summed E-state index contributed by atoms with van der Waals surface area (Å²) in [5, 5.41) is 9.67. The van der Waals surface area contributed by atoms with Crippen LogP contribution in [0, 0.1) is 5.92 Å². The molecule has 8 heteroatoms. The minimum absolute atomic E-state index is 0. The lowest BCUT2D eigenvalue weighted by Crippen LogP contribution is -2.54. The van der Waals surface area contributed by atoms with Crippen LogP contribution in [0.5, 0.6) is 0 Å². The summed E-state index contributed by atoms with van der Waals surface area (Å²) in [4.78, 5) is 25.2. The van der Waals surface area contributed by atoms with Gasteiger partial charge < -0.3 is 16.0 Å². The second-order valence-corrected chi connectivity index (χ2v) is 7.77. The molecule has 146 valence electrons. The zero-order valence-corrected chi connectivity index (χ0v) is 17.5. The van der Waals surface area contributed by atoms with Gasteiger partial charge in [0.1, 0.15) is 6.04 Å². The van der Waals surface area contributed by atoms with Crippen LogP contribution in [0.3, 0.4) is 0 Å². The number of halogens is 2. The first-order valence-corrected chi connectivity index (χ1v) is 10.4. The number of hydrogen-bond donors (Lipinski definition) is 3. The summed E-state index contributed by atoms with van der Waals surface area (Å²) in [7, 11) is 0. The Morgan fingerprint density at radius 2 is 2.12 bits per heavy atom. The number of carbonyl (C=O) groups excluding carboxylic acids is 2. The minimum Gasteiger partial charge on any atom is -0.351 e. The van der Waals surface area contributed by atoms with Crippen molar-refractivity contribution in [3.63, 3.8) is 0 Å². The normalized spacial score (nSPS) is 20.6. The second kappa shape index (κ2) is 11.7. The summed E-state index contributed by atoms with van der Waals surface area (Å²) in [5.74, 6) is 0.736. The highest BCUT2D eigenvalue weighted by Gasteiger charge is 2.27. The summed E-state index contributed by atoms with van der Waals surface area (Å²) in [5.41, 5.74) is 0.390. The topological polar surface area (TPSA) is 70.2 Å². The van der Waals surface area contributed by atoms with Crippen LogP contribution >= 0.6 is 35.8 Å². The summed E-state index contributed by atoms with van der Waals surface area (Å²) >= 11 is 7.74. The second-order valence-electron chi connectivity index (χ2n) is 6.37. The molecule has 2 rings (SSSR count).